The number of carbonyl (C=O) groups is 1. The summed E-state index contributed by atoms with van der Waals surface area (Å²) >= 11 is 5.96. The van der Waals surface area contributed by atoms with E-state index in [0.29, 0.717) is 31.2 Å². The first-order valence-corrected chi connectivity index (χ1v) is 11.0. The second-order valence-electron chi connectivity index (χ2n) is 7.98. The average molecular weight is 574 g/mol. The molecule has 3 rings (SSSR count). The van der Waals surface area contributed by atoms with Gasteiger partial charge in [-0.3, -0.25) is 14.5 Å². The summed E-state index contributed by atoms with van der Waals surface area (Å²) in [5.74, 6) is 0.876. The Labute approximate surface area is 212 Å². The molecule has 1 fully saturated rings. The third-order valence-corrected chi connectivity index (χ3v) is 5.64. The Kier molecular flexibility index (Phi) is 10.2. The van der Waals surface area contributed by atoms with Crippen molar-refractivity contribution in [2.75, 3.05) is 46.8 Å². The van der Waals surface area contributed by atoms with Crippen molar-refractivity contribution in [1.29, 1.82) is 0 Å². The second-order valence-corrected chi connectivity index (χ2v) is 8.42. The molecule has 176 valence electrons. The normalized spacial score (nSPS) is 15.7. The number of piperazine rings is 1. The van der Waals surface area contributed by atoms with Crippen molar-refractivity contribution in [2.45, 2.75) is 19.5 Å². The maximum atomic E-state index is 12.8. The number of carbonyl (C=O) groups excluding carboxylic acids is 1. The van der Waals surface area contributed by atoms with Gasteiger partial charge in [0.1, 0.15) is 0 Å². The van der Waals surface area contributed by atoms with E-state index in [1.54, 1.807) is 4.68 Å². The minimum atomic E-state index is 0. The monoisotopic (exact) mass is 573 g/mol. The molecule has 32 heavy (non-hydrogen) atoms. The number of likely N-dealkylation sites (N-methyl/N-ethyl adjacent to an activating group) is 1. The van der Waals surface area contributed by atoms with Crippen molar-refractivity contribution in [2.24, 2.45) is 12.0 Å². The Bertz CT molecular complexity index is 900. The predicted molar refractivity (Wildman–Crippen MR) is 139 cm³/mol. The lowest BCUT2D eigenvalue weighted by molar-refractivity contribution is -0.135. The molecule has 0 saturated carbocycles. The third kappa shape index (κ3) is 7.08. The number of aliphatic imine (C=N–C) groups is 1. The molecule has 10 heteroatoms. The zero-order valence-corrected chi connectivity index (χ0v) is 22.2. The molecule has 0 spiro atoms. The van der Waals surface area contributed by atoms with Gasteiger partial charge in [-0.25, -0.2) is 0 Å². The van der Waals surface area contributed by atoms with Crippen LogP contribution in [0.3, 0.4) is 0 Å². The van der Waals surface area contributed by atoms with E-state index in [1.807, 2.05) is 74.5 Å². The van der Waals surface area contributed by atoms with Crippen LogP contribution in [0.25, 0.3) is 0 Å². The number of guanidine groups is 1. The van der Waals surface area contributed by atoms with Crippen LogP contribution < -0.4 is 5.32 Å². The number of hydrogen-bond acceptors (Lipinski definition) is 4. The van der Waals surface area contributed by atoms with Crippen LogP contribution in [0.4, 0.5) is 0 Å². The smallest absolute Gasteiger partial charge is 0.242 e. The number of hydrogen-bond donors (Lipinski definition) is 1. The Morgan fingerprint density at radius 2 is 2.00 bits per heavy atom. The molecule has 0 aliphatic carbocycles. The van der Waals surface area contributed by atoms with Gasteiger partial charge in [0.05, 0.1) is 25.3 Å². The molecule has 1 aliphatic rings. The molecule has 2 aromatic rings. The highest BCUT2D eigenvalue weighted by molar-refractivity contribution is 14.0. The fourth-order valence-corrected chi connectivity index (χ4v) is 3.77. The molecule has 1 unspecified atom stereocenters. The second kappa shape index (κ2) is 12.4. The molecule has 1 aromatic carbocycles. The van der Waals surface area contributed by atoms with Crippen molar-refractivity contribution in [3.05, 3.63) is 52.8 Å². The summed E-state index contributed by atoms with van der Waals surface area (Å²) in [7, 11) is 6.00. The van der Waals surface area contributed by atoms with E-state index in [2.05, 4.69) is 15.3 Å². The van der Waals surface area contributed by atoms with E-state index in [4.69, 9.17) is 16.6 Å². The van der Waals surface area contributed by atoms with Gasteiger partial charge in [0.2, 0.25) is 5.91 Å². The Morgan fingerprint density at radius 3 is 2.56 bits per heavy atom. The quantitative estimate of drug-likeness (QED) is 0.313. The van der Waals surface area contributed by atoms with Gasteiger partial charge in [-0.05, 0) is 38.7 Å². The Hall–Kier alpha value is -1.85. The van der Waals surface area contributed by atoms with Gasteiger partial charge in [0.25, 0.3) is 0 Å². The largest absolute Gasteiger partial charge is 0.357 e. The first kappa shape index (κ1) is 26.4. The van der Waals surface area contributed by atoms with Crippen LogP contribution in [0.15, 0.2) is 41.7 Å². The summed E-state index contributed by atoms with van der Waals surface area (Å²) in [6, 6.07) is 7.76. The van der Waals surface area contributed by atoms with E-state index in [0.717, 1.165) is 30.2 Å². The number of aromatic nitrogens is 2. The molecule has 1 N–H and O–H groups in total. The highest BCUT2D eigenvalue weighted by Crippen LogP contribution is 2.18. The van der Waals surface area contributed by atoms with E-state index in [1.165, 1.54) is 0 Å². The van der Waals surface area contributed by atoms with Crippen LogP contribution in [0.5, 0.6) is 0 Å². The summed E-state index contributed by atoms with van der Waals surface area (Å²) in [5.41, 5.74) is 2.20. The maximum absolute atomic E-state index is 12.8. The highest BCUT2D eigenvalue weighted by atomic mass is 127. The number of nitrogens with zero attached hydrogens (tertiary/aromatic N) is 6. The fraction of sp³-hybridized carbons (Fsp3) is 0.500. The number of nitrogens with one attached hydrogen (secondary N) is 1. The van der Waals surface area contributed by atoms with Gasteiger partial charge in [-0.15, -0.1) is 24.0 Å². The van der Waals surface area contributed by atoms with Crippen LogP contribution in [0.2, 0.25) is 5.02 Å². The Balaban J connectivity index is 0.00000363. The molecule has 8 nitrogen and oxygen atoms in total. The zero-order chi connectivity index (χ0) is 22.4. The topological polar surface area (TPSA) is 69.0 Å². The van der Waals surface area contributed by atoms with Crippen LogP contribution in [-0.4, -0.2) is 83.2 Å². The molecular weight excluding hydrogens is 541 g/mol. The van der Waals surface area contributed by atoms with Crippen molar-refractivity contribution in [3.8, 4) is 0 Å². The van der Waals surface area contributed by atoms with Crippen LogP contribution in [0.1, 0.15) is 24.1 Å². The molecule has 1 saturated heterocycles. The van der Waals surface area contributed by atoms with Crippen molar-refractivity contribution < 1.29 is 4.79 Å². The molecule has 1 aliphatic heterocycles. The molecule has 0 bridgehead atoms. The molecule has 1 aromatic heterocycles. The molecular formula is C22H33ClIN7O. The van der Waals surface area contributed by atoms with E-state index < -0.39 is 0 Å². The van der Waals surface area contributed by atoms with Crippen LogP contribution in [-0.2, 0) is 18.4 Å². The summed E-state index contributed by atoms with van der Waals surface area (Å²) in [5, 5.41) is 8.34. The summed E-state index contributed by atoms with van der Waals surface area (Å²) in [6.07, 6.45) is 3.90. The van der Waals surface area contributed by atoms with Gasteiger partial charge in [-0.2, -0.15) is 5.10 Å². The number of rotatable bonds is 7. The van der Waals surface area contributed by atoms with Gasteiger partial charge in [0, 0.05) is 50.0 Å². The van der Waals surface area contributed by atoms with Gasteiger partial charge in [0.15, 0.2) is 5.96 Å². The predicted octanol–water partition coefficient (Wildman–Crippen LogP) is 2.60. The number of amides is 1. The highest BCUT2D eigenvalue weighted by Gasteiger charge is 2.26. The maximum Gasteiger partial charge on any atom is 0.242 e. The lowest BCUT2D eigenvalue weighted by Crippen LogP contribution is -2.55. The molecule has 0 radical (unpaired) electrons. The average Bonchev–Trinajstić information content (AvgIpc) is 3.16. The number of aryl methyl sites for hydroxylation is 1. The van der Waals surface area contributed by atoms with Crippen LogP contribution in [0, 0.1) is 0 Å². The minimum absolute atomic E-state index is 0. The third-order valence-electron chi connectivity index (χ3n) is 5.39. The number of halogens is 2. The Morgan fingerprint density at radius 1 is 1.28 bits per heavy atom. The van der Waals surface area contributed by atoms with Crippen molar-refractivity contribution in [1.82, 2.24) is 29.8 Å². The molecule has 1 amide bonds. The van der Waals surface area contributed by atoms with Crippen LogP contribution >= 0.6 is 35.6 Å². The van der Waals surface area contributed by atoms with Gasteiger partial charge in [-0.1, -0.05) is 23.7 Å². The van der Waals surface area contributed by atoms with Crippen molar-refractivity contribution >= 4 is 47.4 Å². The summed E-state index contributed by atoms with van der Waals surface area (Å²) < 4.78 is 1.80. The summed E-state index contributed by atoms with van der Waals surface area (Å²) in [4.78, 5) is 23.7. The van der Waals surface area contributed by atoms with E-state index >= 15 is 0 Å². The van der Waals surface area contributed by atoms with Gasteiger partial charge < -0.3 is 20.0 Å². The SMILES string of the molecule is CCNC(=NCC(c1cnn(C)c1)N(C)C)N1CCN(Cc2ccc(Cl)cc2)C(=O)C1.I. The lowest BCUT2D eigenvalue weighted by Gasteiger charge is -2.36. The van der Waals surface area contributed by atoms with E-state index in [-0.39, 0.29) is 35.9 Å². The first-order valence-electron chi connectivity index (χ1n) is 10.6. The van der Waals surface area contributed by atoms with Crippen molar-refractivity contribution in [3.63, 3.8) is 0 Å². The standard InChI is InChI=1S/C22H32ClN7O.HI/c1-5-24-22(25-13-20(27(2)3)18-12-26-28(4)15-18)30-11-10-29(21(31)16-30)14-17-6-8-19(23)9-7-17;/h6-9,12,15,20H,5,10-11,13-14,16H2,1-4H3,(H,24,25);1H. The van der Waals surface area contributed by atoms with E-state index in [9.17, 15) is 4.79 Å². The molecule has 2 heterocycles. The summed E-state index contributed by atoms with van der Waals surface area (Å²) in [6.45, 7) is 5.69. The fourth-order valence-electron chi connectivity index (χ4n) is 3.64. The zero-order valence-electron chi connectivity index (χ0n) is 19.2. The van der Waals surface area contributed by atoms with Gasteiger partial charge >= 0.3 is 0 Å². The lowest BCUT2D eigenvalue weighted by atomic mass is 10.1. The molecule has 1 atom stereocenters. The first-order chi connectivity index (χ1) is 14.9. The number of benzene rings is 1. The minimum Gasteiger partial charge on any atom is -0.357 e.